The van der Waals surface area contributed by atoms with E-state index in [1.807, 2.05) is 56.3 Å². The maximum absolute atomic E-state index is 12.7. The molecule has 1 aliphatic rings. The molecule has 0 fully saturated rings. The molecule has 0 amide bonds. The van der Waals surface area contributed by atoms with E-state index in [9.17, 15) is 4.79 Å². The highest BCUT2D eigenvalue weighted by molar-refractivity contribution is 5.94. The first-order chi connectivity index (χ1) is 11.7. The molecule has 24 heavy (non-hydrogen) atoms. The average molecular weight is 323 g/mol. The predicted molar refractivity (Wildman–Crippen MR) is 94.6 cm³/mol. The van der Waals surface area contributed by atoms with Crippen molar-refractivity contribution < 1.29 is 9.53 Å². The normalized spacial score (nSPS) is 16.5. The molecule has 2 N–H and O–H groups in total. The summed E-state index contributed by atoms with van der Waals surface area (Å²) in [6.45, 7) is 4.27. The molecule has 0 radical (unpaired) electrons. The smallest absolute Gasteiger partial charge is 0.338 e. The summed E-state index contributed by atoms with van der Waals surface area (Å²) >= 11 is 0. The largest absolute Gasteiger partial charge is 0.462 e. The van der Waals surface area contributed by atoms with Crippen LogP contribution < -0.4 is 10.6 Å². The van der Waals surface area contributed by atoms with Gasteiger partial charge in [0.2, 0.25) is 0 Å². The van der Waals surface area contributed by atoms with Crippen molar-refractivity contribution in [3.05, 3.63) is 65.6 Å². The SMILES string of the molecule is CCCOC(=O)C1=C(C)Nc2ccccc2NC1c1ccccn1. The Labute approximate surface area is 141 Å². The van der Waals surface area contributed by atoms with Gasteiger partial charge in [-0.15, -0.1) is 0 Å². The van der Waals surface area contributed by atoms with E-state index in [4.69, 9.17) is 4.74 Å². The molecule has 5 heteroatoms. The highest BCUT2D eigenvalue weighted by Crippen LogP contribution is 2.36. The van der Waals surface area contributed by atoms with E-state index in [2.05, 4.69) is 15.6 Å². The van der Waals surface area contributed by atoms with Gasteiger partial charge in [-0.05, 0) is 37.6 Å². The van der Waals surface area contributed by atoms with Crippen molar-refractivity contribution >= 4 is 17.3 Å². The summed E-state index contributed by atoms with van der Waals surface area (Å²) in [5.41, 5.74) is 3.95. The van der Waals surface area contributed by atoms with Gasteiger partial charge in [0.25, 0.3) is 0 Å². The molecule has 2 aromatic rings. The van der Waals surface area contributed by atoms with Crippen LogP contribution in [0.3, 0.4) is 0 Å². The molecule has 1 aromatic carbocycles. The molecular formula is C19H21N3O2. The minimum absolute atomic E-state index is 0.321. The number of para-hydroxylation sites is 2. The minimum Gasteiger partial charge on any atom is -0.462 e. The Kier molecular flexibility index (Phi) is 4.79. The van der Waals surface area contributed by atoms with Gasteiger partial charge >= 0.3 is 5.97 Å². The van der Waals surface area contributed by atoms with Crippen molar-refractivity contribution in [2.45, 2.75) is 26.3 Å². The Morgan fingerprint density at radius 3 is 2.62 bits per heavy atom. The van der Waals surface area contributed by atoms with Gasteiger partial charge in [0.15, 0.2) is 0 Å². The Morgan fingerprint density at radius 1 is 1.17 bits per heavy atom. The lowest BCUT2D eigenvalue weighted by Gasteiger charge is -2.20. The van der Waals surface area contributed by atoms with Crippen LogP contribution in [0.4, 0.5) is 11.4 Å². The molecule has 1 atom stereocenters. The van der Waals surface area contributed by atoms with Crippen LogP contribution in [0, 0.1) is 0 Å². The molecule has 0 saturated heterocycles. The van der Waals surface area contributed by atoms with Gasteiger partial charge < -0.3 is 15.4 Å². The lowest BCUT2D eigenvalue weighted by molar-refractivity contribution is -0.139. The average Bonchev–Trinajstić information content (AvgIpc) is 2.76. The lowest BCUT2D eigenvalue weighted by Crippen LogP contribution is -2.23. The third-order valence-electron chi connectivity index (χ3n) is 3.88. The summed E-state index contributed by atoms with van der Waals surface area (Å²) in [7, 11) is 0. The molecule has 2 heterocycles. The molecule has 0 spiro atoms. The number of nitrogens with one attached hydrogen (secondary N) is 2. The Hall–Kier alpha value is -2.82. The van der Waals surface area contributed by atoms with E-state index in [-0.39, 0.29) is 12.0 Å². The summed E-state index contributed by atoms with van der Waals surface area (Å²) in [6, 6.07) is 13.2. The van der Waals surface area contributed by atoms with Gasteiger partial charge in [-0.25, -0.2) is 4.79 Å². The topological polar surface area (TPSA) is 63.2 Å². The summed E-state index contributed by atoms with van der Waals surface area (Å²) in [6.07, 6.45) is 2.51. The van der Waals surface area contributed by atoms with Crippen molar-refractivity contribution in [2.24, 2.45) is 0 Å². The van der Waals surface area contributed by atoms with Gasteiger partial charge in [-0.2, -0.15) is 0 Å². The molecule has 0 bridgehead atoms. The number of aromatic nitrogens is 1. The van der Waals surface area contributed by atoms with Gasteiger partial charge in [0.1, 0.15) is 6.04 Å². The molecule has 3 rings (SSSR count). The number of hydrogen-bond donors (Lipinski definition) is 2. The van der Waals surface area contributed by atoms with Crippen LogP contribution in [0.1, 0.15) is 32.0 Å². The number of benzene rings is 1. The lowest BCUT2D eigenvalue weighted by atomic mass is 10.0. The van der Waals surface area contributed by atoms with Crippen molar-refractivity contribution in [1.29, 1.82) is 0 Å². The van der Waals surface area contributed by atoms with Crippen LogP contribution in [-0.2, 0) is 9.53 Å². The molecular weight excluding hydrogens is 302 g/mol. The highest BCUT2D eigenvalue weighted by Gasteiger charge is 2.30. The minimum atomic E-state index is -0.369. The van der Waals surface area contributed by atoms with Crippen LogP contribution in [-0.4, -0.2) is 17.6 Å². The maximum atomic E-state index is 12.7. The number of nitrogens with zero attached hydrogens (tertiary/aromatic N) is 1. The van der Waals surface area contributed by atoms with E-state index < -0.39 is 0 Å². The van der Waals surface area contributed by atoms with Gasteiger partial charge in [0.05, 0.1) is 29.2 Å². The molecule has 1 aliphatic heterocycles. The maximum Gasteiger partial charge on any atom is 0.338 e. The number of esters is 1. The number of pyridine rings is 1. The van der Waals surface area contributed by atoms with Crippen LogP contribution in [0.5, 0.6) is 0 Å². The summed E-state index contributed by atoms with van der Waals surface area (Å²) in [4.78, 5) is 17.1. The quantitative estimate of drug-likeness (QED) is 0.836. The second kappa shape index (κ2) is 7.17. The van der Waals surface area contributed by atoms with E-state index in [0.29, 0.717) is 12.2 Å². The molecule has 1 aromatic heterocycles. The summed E-state index contributed by atoms with van der Waals surface area (Å²) < 4.78 is 5.40. The van der Waals surface area contributed by atoms with Gasteiger partial charge in [0, 0.05) is 11.9 Å². The zero-order valence-corrected chi connectivity index (χ0v) is 13.9. The fourth-order valence-corrected chi connectivity index (χ4v) is 2.74. The van der Waals surface area contributed by atoms with Crippen LogP contribution >= 0.6 is 0 Å². The van der Waals surface area contributed by atoms with Crippen molar-refractivity contribution in [3.8, 4) is 0 Å². The number of carbonyl (C=O) groups is 1. The molecule has 124 valence electrons. The van der Waals surface area contributed by atoms with Crippen molar-refractivity contribution in [3.63, 3.8) is 0 Å². The zero-order valence-electron chi connectivity index (χ0n) is 13.9. The molecule has 1 unspecified atom stereocenters. The standard InChI is InChI=1S/C19H21N3O2/c1-3-12-24-19(23)17-13(2)21-14-8-4-5-9-15(14)22-18(17)16-10-6-7-11-20-16/h4-11,18,21-22H,3,12H2,1-2H3. The van der Waals surface area contributed by atoms with E-state index in [1.54, 1.807) is 6.20 Å². The first kappa shape index (κ1) is 16.1. The molecule has 0 aliphatic carbocycles. The monoisotopic (exact) mass is 323 g/mol. The third-order valence-corrected chi connectivity index (χ3v) is 3.88. The number of anilines is 2. The number of fused-ring (bicyclic) bond motifs is 1. The van der Waals surface area contributed by atoms with Gasteiger partial charge in [-0.3, -0.25) is 4.98 Å². The predicted octanol–water partition coefficient (Wildman–Crippen LogP) is 3.89. The van der Waals surface area contributed by atoms with E-state index >= 15 is 0 Å². The first-order valence-electron chi connectivity index (χ1n) is 8.12. The van der Waals surface area contributed by atoms with Crippen molar-refractivity contribution in [1.82, 2.24) is 4.98 Å². The van der Waals surface area contributed by atoms with Crippen LogP contribution in [0.25, 0.3) is 0 Å². The Balaban J connectivity index is 2.06. The van der Waals surface area contributed by atoms with E-state index in [1.165, 1.54) is 0 Å². The number of hydrogen-bond acceptors (Lipinski definition) is 5. The highest BCUT2D eigenvalue weighted by atomic mass is 16.5. The third kappa shape index (κ3) is 3.25. The zero-order chi connectivity index (χ0) is 16.9. The number of rotatable bonds is 4. The van der Waals surface area contributed by atoms with Crippen molar-refractivity contribution in [2.75, 3.05) is 17.2 Å². The molecule has 0 saturated carbocycles. The second-order valence-electron chi connectivity index (χ2n) is 5.68. The number of carbonyl (C=O) groups excluding carboxylic acids is 1. The second-order valence-corrected chi connectivity index (χ2v) is 5.68. The first-order valence-corrected chi connectivity index (χ1v) is 8.12. The van der Waals surface area contributed by atoms with Crippen LogP contribution in [0.2, 0.25) is 0 Å². The summed E-state index contributed by atoms with van der Waals surface area (Å²) in [5, 5.41) is 6.75. The Morgan fingerprint density at radius 2 is 1.92 bits per heavy atom. The van der Waals surface area contributed by atoms with E-state index in [0.717, 1.165) is 29.2 Å². The Bertz CT molecular complexity index is 756. The fraction of sp³-hybridized carbons (Fsp3) is 0.263. The molecule has 5 nitrogen and oxygen atoms in total. The summed E-state index contributed by atoms with van der Waals surface area (Å²) in [5.74, 6) is -0.321. The number of allylic oxidation sites excluding steroid dienone is 1. The van der Waals surface area contributed by atoms with Gasteiger partial charge in [-0.1, -0.05) is 25.1 Å². The van der Waals surface area contributed by atoms with Crippen LogP contribution in [0.15, 0.2) is 59.9 Å². The number of ether oxygens (including phenoxy) is 1. The fourth-order valence-electron chi connectivity index (χ4n) is 2.74.